The maximum absolute atomic E-state index is 13.4. The summed E-state index contributed by atoms with van der Waals surface area (Å²) in [6, 6.07) is 18.9. The first-order valence-electron chi connectivity index (χ1n) is 10.0. The molecule has 8 heteroatoms. The molecule has 33 heavy (non-hydrogen) atoms. The van der Waals surface area contributed by atoms with Gasteiger partial charge in [-0.2, -0.15) is 0 Å². The number of anilines is 2. The molecule has 4 rings (SSSR count). The molecule has 3 aromatic rings. The molecule has 1 aliphatic rings. The van der Waals surface area contributed by atoms with Crippen molar-refractivity contribution in [1.29, 1.82) is 0 Å². The lowest BCUT2D eigenvalue weighted by atomic mass is 10.0. The summed E-state index contributed by atoms with van der Waals surface area (Å²) in [7, 11) is 0. The lowest BCUT2D eigenvalue weighted by Gasteiger charge is -2.17. The van der Waals surface area contributed by atoms with Crippen LogP contribution in [0.5, 0.6) is 5.75 Å². The largest absolute Gasteiger partial charge is 0.573 e. The van der Waals surface area contributed by atoms with E-state index in [2.05, 4.69) is 10.1 Å². The molecule has 0 aliphatic carbocycles. The minimum atomic E-state index is -4.84. The molecule has 0 saturated heterocycles. The number of nitrogens with one attached hydrogen (secondary N) is 1. The monoisotopic (exact) mass is 452 g/mol. The number of ether oxygens (including phenoxy) is 1. The van der Waals surface area contributed by atoms with Crippen molar-refractivity contribution in [2.45, 2.75) is 20.2 Å². The van der Waals surface area contributed by atoms with Crippen LogP contribution in [0.4, 0.5) is 24.5 Å². The number of aryl methyl sites for hydroxylation is 1. The number of amides is 2. The molecular weight excluding hydrogens is 433 g/mol. The van der Waals surface area contributed by atoms with Gasteiger partial charge in [0.2, 0.25) is 0 Å². The zero-order valence-electron chi connectivity index (χ0n) is 17.7. The zero-order chi connectivity index (χ0) is 23.8. The van der Waals surface area contributed by atoms with Gasteiger partial charge in [0.15, 0.2) is 0 Å². The van der Waals surface area contributed by atoms with Crippen LogP contribution in [0.2, 0.25) is 0 Å². The van der Waals surface area contributed by atoms with Crippen LogP contribution in [0.1, 0.15) is 16.7 Å². The maximum Gasteiger partial charge on any atom is 0.573 e. The third-order valence-corrected chi connectivity index (χ3v) is 5.34. The second-order valence-electron chi connectivity index (χ2n) is 7.48. The summed E-state index contributed by atoms with van der Waals surface area (Å²) in [5, 5.41) is 3.12. The summed E-state index contributed by atoms with van der Waals surface area (Å²) in [5.74, 6) is -1.64. The van der Waals surface area contributed by atoms with E-state index in [4.69, 9.17) is 0 Å². The van der Waals surface area contributed by atoms with Crippen molar-refractivity contribution >= 4 is 28.8 Å². The minimum absolute atomic E-state index is 0.0931. The van der Waals surface area contributed by atoms with Crippen molar-refractivity contribution in [3.8, 4) is 5.75 Å². The molecule has 0 spiro atoms. The molecule has 0 saturated carbocycles. The van der Waals surface area contributed by atoms with Crippen LogP contribution >= 0.6 is 0 Å². The van der Waals surface area contributed by atoms with Crippen LogP contribution in [0.25, 0.3) is 5.57 Å². The fourth-order valence-electron chi connectivity index (χ4n) is 3.57. The SMILES string of the molecule is Cc1cccc(NC2=C(c3ccccc3)C(=O)N(c3ccc(OC(F)(F)F)cc3)C2=O)c1C. The lowest BCUT2D eigenvalue weighted by molar-refractivity contribution is -0.274. The molecule has 3 aromatic carbocycles. The Hall–Kier alpha value is -4.07. The van der Waals surface area contributed by atoms with Crippen LogP contribution in [-0.2, 0) is 9.59 Å². The van der Waals surface area contributed by atoms with E-state index >= 15 is 0 Å². The molecular formula is C25H19F3N2O3. The number of carbonyl (C=O) groups excluding carboxylic acids is 2. The van der Waals surface area contributed by atoms with Gasteiger partial charge in [-0.15, -0.1) is 13.2 Å². The number of alkyl halides is 3. The van der Waals surface area contributed by atoms with Crippen molar-refractivity contribution < 1.29 is 27.5 Å². The molecule has 0 radical (unpaired) electrons. The van der Waals surface area contributed by atoms with E-state index in [1.165, 1.54) is 12.1 Å². The predicted molar refractivity (Wildman–Crippen MR) is 119 cm³/mol. The molecule has 0 aromatic heterocycles. The molecule has 0 unspecified atom stereocenters. The second kappa shape index (κ2) is 8.46. The molecule has 5 nitrogen and oxygen atoms in total. The third kappa shape index (κ3) is 4.45. The van der Waals surface area contributed by atoms with Gasteiger partial charge >= 0.3 is 6.36 Å². The van der Waals surface area contributed by atoms with Gasteiger partial charge in [-0.05, 0) is 60.9 Å². The smallest absolute Gasteiger partial charge is 0.406 e. The second-order valence-corrected chi connectivity index (χ2v) is 7.48. The van der Waals surface area contributed by atoms with E-state index in [-0.39, 0.29) is 17.0 Å². The Kier molecular flexibility index (Phi) is 5.68. The Morgan fingerprint density at radius 2 is 1.48 bits per heavy atom. The van der Waals surface area contributed by atoms with Crippen LogP contribution in [0, 0.1) is 13.8 Å². The van der Waals surface area contributed by atoms with Gasteiger partial charge in [-0.1, -0.05) is 42.5 Å². The Morgan fingerprint density at radius 3 is 2.12 bits per heavy atom. The Balaban J connectivity index is 1.74. The third-order valence-electron chi connectivity index (χ3n) is 5.34. The van der Waals surface area contributed by atoms with Gasteiger partial charge in [0.25, 0.3) is 11.8 Å². The van der Waals surface area contributed by atoms with Crippen LogP contribution in [-0.4, -0.2) is 18.2 Å². The molecule has 1 heterocycles. The van der Waals surface area contributed by atoms with E-state index in [1.54, 1.807) is 30.3 Å². The fraction of sp³-hybridized carbons (Fsp3) is 0.120. The highest BCUT2D eigenvalue weighted by molar-refractivity contribution is 6.46. The lowest BCUT2D eigenvalue weighted by Crippen LogP contribution is -2.32. The number of halogens is 3. The number of rotatable bonds is 5. The van der Waals surface area contributed by atoms with Crippen LogP contribution in [0.15, 0.2) is 78.5 Å². The highest BCUT2D eigenvalue weighted by Gasteiger charge is 2.40. The van der Waals surface area contributed by atoms with Gasteiger partial charge in [-0.25, -0.2) is 4.90 Å². The van der Waals surface area contributed by atoms with Gasteiger partial charge in [0.05, 0.1) is 11.3 Å². The van der Waals surface area contributed by atoms with Crippen molar-refractivity contribution in [3.63, 3.8) is 0 Å². The Bertz CT molecular complexity index is 1250. The summed E-state index contributed by atoms with van der Waals surface area (Å²) in [4.78, 5) is 27.7. The van der Waals surface area contributed by atoms with Crippen molar-refractivity contribution in [2.24, 2.45) is 0 Å². The average Bonchev–Trinajstić information content (AvgIpc) is 3.01. The molecule has 1 aliphatic heterocycles. The molecule has 0 bridgehead atoms. The predicted octanol–water partition coefficient (Wildman–Crippen LogP) is 5.60. The van der Waals surface area contributed by atoms with Gasteiger partial charge < -0.3 is 10.1 Å². The number of hydrogen-bond acceptors (Lipinski definition) is 4. The molecule has 1 N–H and O–H groups in total. The normalized spacial score (nSPS) is 14.2. The number of nitrogens with zero attached hydrogens (tertiary/aromatic N) is 1. The average molecular weight is 452 g/mol. The highest BCUT2D eigenvalue weighted by atomic mass is 19.4. The summed E-state index contributed by atoms with van der Waals surface area (Å²) in [5.41, 5.74) is 3.55. The van der Waals surface area contributed by atoms with Crippen LogP contribution < -0.4 is 15.0 Å². The summed E-state index contributed by atoms with van der Waals surface area (Å²) >= 11 is 0. The number of imide groups is 1. The molecule has 2 amide bonds. The van der Waals surface area contributed by atoms with Crippen molar-refractivity contribution in [3.05, 3.63) is 95.2 Å². The highest BCUT2D eigenvalue weighted by Crippen LogP contribution is 2.35. The van der Waals surface area contributed by atoms with Gasteiger partial charge in [0, 0.05) is 5.69 Å². The van der Waals surface area contributed by atoms with Crippen LogP contribution in [0.3, 0.4) is 0 Å². The quantitative estimate of drug-likeness (QED) is 0.512. The Labute approximate surface area is 188 Å². The van der Waals surface area contributed by atoms with E-state index in [0.717, 1.165) is 28.2 Å². The molecule has 0 fully saturated rings. The maximum atomic E-state index is 13.4. The summed E-state index contributed by atoms with van der Waals surface area (Å²) in [6.07, 6.45) is -4.84. The van der Waals surface area contributed by atoms with E-state index in [9.17, 15) is 22.8 Å². The first-order chi connectivity index (χ1) is 15.7. The summed E-state index contributed by atoms with van der Waals surface area (Å²) in [6.45, 7) is 3.84. The van der Waals surface area contributed by atoms with Crippen molar-refractivity contribution in [2.75, 3.05) is 10.2 Å². The zero-order valence-corrected chi connectivity index (χ0v) is 17.7. The van der Waals surface area contributed by atoms with E-state index in [1.807, 2.05) is 32.0 Å². The molecule has 0 atom stereocenters. The molecule has 168 valence electrons. The van der Waals surface area contributed by atoms with Gasteiger partial charge in [-0.3, -0.25) is 9.59 Å². The fourth-order valence-corrected chi connectivity index (χ4v) is 3.57. The topological polar surface area (TPSA) is 58.6 Å². The number of benzene rings is 3. The van der Waals surface area contributed by atoms with E-state index in [0.29, 0.717) is 11.3 Å². The van der Waals surface area contributed by atoms with Gasteiger partial charge in [0.1, 0.15) is 11.4 Å². The van der Waals surface area contributed by atoms with Crippen molar-refractivity contribution in [1.82, 2.24) is 0 Å². The summed E-state index contributed by atoms with van der Waals surface area (Å²) < 4.78 is 41.3. The Morgan fingerprint density at radius 1 is 0.818 bits per heavy atom. The van der Waals surface area contributed by atoms with E-state index < -0.39 is 23.9 Å². The number of hydrogen-bond donors (Lipinski definition) is 1. The standard InChI is InChI=1S/C25H19F3N2O3/c1-15-7-6-10-20(16(15)2)29-22-21(17-8-4-3-5-9-17)23(31)30(24(22)32)18-11-13-19(14-12-18)33-25(26,27)28/h3-14,29H,1-2H3. The minimum Gasteiger partial charge on any atom is -0.406 e. The first kappa shape index (κ1) is 22.1. The first-order valence-corrected chi connectivity index (χ1v) is 10.0. The number of carbonyl (C=O) groups is 2.